The Hall–Kier alpha value is -4.63. The minimum atomic E-state index is -0.244. The number of aromatic nitrogens is 3. The second-order valence-electron chi connectivity index (χ2n) is 10.2. The highest BCUT2D eigenvalue weighted by atomic mass is 16.5. The molecule has 0 unspecified atom stereocenters. The minimum Gasteiger partial charge on any atom is -0.494 e. The molecule has 3 heterocycles. The van der Waals surface area contributed by atoms with Crippen molar-refractivity contribution in [3.8, 4) is 17.0 Å². The highest BCUT2D eigenvalue weighted by Crippen LogP contribution is 2.40. The van der Waals surface area contributed by atoms with Crippen LogP contribution in [-0.4, -0.2) is 65.7 Å². The molecule has 0 spiro atoms. The topological polar surface area (TPSA) is 87.5 Å². The molecule has 2 aromatic carbocycles. The van der Waals surface area contributed by atoms with E-state index in [4.69, 9.17) is 9.72 Å². The lowest BCUT2D eigenvalue weighted by atomic mass is 10.0. The Kier molecular flexibility index (Phi) is 7.57. The molecule has 206 valence electrons. The van der Waals surface area contributed by atoms with Crippen LogP contribution >= 0.6 is 0 Å². The third-order valence-corrected chi connectivity index (χ3v) is 7.26. The summed E-state index contributed by atoms with van der Waals surface area (Å²) in [6.07, 6.45) is 8.54. The van der Waals surface area contributed by atoms with Gasteiger partial charge in [0.05, 0.1) is 29.9 Å². The van der Waals surface area contributed by atoms with Crippen LogP contribution in [0.1, 0.15) is 5.56 Å². The first-order valence-electron chi connectivity index (χ1n) is 13.2. The minimum absolute atomic E-state index is 0.244. The van der Waals surface area contributed by atoms with Gasteiger partial charge in [-0.2, -0.15) is 0 Å². The van der Waals surface area contributed by atoms with Crippen LogP contribution < -0.4 is 20.3 Å². The maximum Gasteiger partial charge on any atom is 0.248 e. The monoisotopic (exact) mass is 537 g/mol. The first-order chi connectivity index (χ1) is 19.3. The molecule has 1 saturated heterocycles. The summed E-state index contributed by atoms with van der Waals surface area (Å²) in [6, 6.07) is 12.5. The van der Waals surface area contributed by atoms with Gasteiger partial charge in [-0.15, -0.1) is 0 Å². The van der Waals surface area contributed by atoms with Crippen LogP contribution in [0.4, 0.5) is 23.0 Å². The van der Waals surface area contributed by atoms with E-state index in [1.54, 1.807) is 19.3 Å². The number of ether oxygens (including phenoxy) is 1. The maximum atomic E-state index is 12.6. The summed E-state index contributed by atoms with van der Waals surface area (Å²) in [5, 5.41) is 7.48. The molecule has 5 rings (SSSR count). The number of aryl methyl sites for hydroxylation is 2. The van der Waals surface area contributed by atoms with Crippen molar-refractivity contribution >= 4 is 39.8 Å². The quantitative estimate of drug-likeness (QED) is 0.226. The van der Waals surface area contributed by atoms with Crippen molar-refractivity contribution in [2.45, 2.75) is 13.0 Å². The Balaban J connectivity index is 1.52. The standard InChI is InChI=1S/C31H35N7O2/c1-7-8-13-29(39)33-24-14-25(28(40-6)15-27(24)38-17-21(18-38)36(3)4)34-31-32-16-20(2)30(35-31)23-19-37(5)26-12-10-9-11-22(23)26/h7-16,19,21H,1,17-18H2,2-6H3,(H,33,39)(H,32,34,35)/b13-8-. The first-order valence-corrected chi connectivity index (χ1v) is 13.2. The second kappa shape index (κ2) is 11.2. The van der Waals surface area contributed by atoms with E-state index in [1.165, 1.54) is 6.08 Å². The molecular weight excluding hydrogens is 502 g/mol. The third kappa shape index (κ3) is 5.28. The van der Waals surface area contributed by atoms with Gasteiger partial charge in [0.2, 0.25) is 11.9 Å². The van der Waals surface area contributed by atoms with E-state index < -0.39 is 0 Å². The van der Waals surface area contributed by atoms with Gasteiger partial charge in [0.25, 0.3) is 0 Å². The van der Waals surface area contributed by atoms with Crippen LogP contribution in [0.2, 0.25) is 0 Å². The molecule has 0 saturated carbocycles. The molecule has 1 fully saturated rings. The van der Waals surface area contributed by atoms with Crippen LogP contribution in [-0.2, 0) is 11.8 Å². The van der Waals surface area contributed by atoms with E-state index in [-0.39, 0.29) is 5.91 Å². The Morgan fingerprint density at radius 3 is 2.70 bits per heavy atom. The summed E-state index contributed by atoms with van der Waals surface area (Å²) in [5.74, 6) is 0.811. The first kappa shape index (κ1) is 27.0. The predicted molar refractivity (Wildman–Crippen MR) is 163 cm³/mol. The largest absolute Gasteiger partial charge is 0.494 e. The third-order valence-electron chi connectivity index (χ3n) is 7.26. The summed E-state index contributed by atoms with van der Waals surface area (Å²) < 4.78 is 7.88. The zero-order chi connectivity index (χ0) is 28.4. The average Bonchev–Trinajstić information content (AvgIpc) is 3.24. The van der Waals surface area contributed by atoms with Crippen molar-refractivity contribution < 1.29 is 9.53 Å². The number of hydrogen-bond acceptors (Lipinski definition) is 7. The van der Waals surface area contributed by atoms with Gasteiger partial charge in [-0.1, -0.05) is 36.9 Å². The van der Waals surface area contributed by atoms with E-state index in [2.05, 4.69) is 69.0 Å². The Bertz CT molecular complexity index is 1600. The lowest BCUT2D eigenvalue weighted by Crippen LogP contribution is -2.57. The lowest BCUT2D eigenvalue weighted by molar-refractivity contribution is -0.111. The molecule has 1 amide bonds. The fraction of sp³-hybridized carbons (Fsp3) is 0.258. The molecule has 0 atom stereocenters. The number of methoxy groups -OCH3 is 1. The van der Waals surface area contributed by atoms with Crippen LogP contribution in [0.25, 0.3) is 22.2 Å². The fourth-order valence-corrected chi connectivity index (χ4v) is 4.93. The number of hydrogen-bond donors (Lipinski definition) is 2. The number of allylic oxidation sites excluding steroid dienone is 2. The molecule has 2 N–H and O–H groups in total. The van der Waals surface area contributed by atoms with Crippen molar-refractivity contribution in [2.75, 3.05) is 49.8 Å². The number of anilines is 4. The molecule has 9 nitrogen and oxygen atoms in total. The number of para-hydroxylation sites is 1. The number of carbonyl (C=O) groups excluding carboxylic acids is 1. The fourth-order valence-electron chi connectivity index (χ4n) is 4.93. The van der Waals surface area contributed by atoms with Gasteiger partial charge in [-0.3, -0.25) is 4.79 Å². The molecule has 2 aromatic heterocycles. The van der Waals surface area contributed by atoms with Crippen LogP contribution in [0, 0.1) is 6.92 Å². The number of fused-ring (bicyclic) bond motifs is 1. The molecule has 1 aliphatic rings. The van der Waals surface area contributed by atoms with Crippen molar-refractivity contribution in [2.24, 2.45) is 7.05 Å². The Morgan fingerprint density at radius 1 is 1.20 bits per heavy atom. The number of amides is 1. The van der Waals surface area contributed by atoms with Crippen LogP contribution in [0.3, 0.4) is 0 Å². The smallest absolute Gasteiger partial charge is 0.248 e. The zero-order valence-corrected chi connectivity index (χ0v) is 23.6. The molecule has 0 bridgehead atoms. The molecule has 4 aromatic rings. The van der Waals surface area contributed by atoms with E-state index in [0.29, 0.717) is 29.1 Å². The van der Waals surface area contributed by atoms with Gasteiger partial charge in [-0.05, 0) is 38.7 Å². The molecule has 40 heavy (non-hydrogen) atoms. The average molecular weight is 538 g/mol. The van der Waals surface area contributed by atoms with E-state index >= 15 is 0 Å². The summed E-state index contributed by atoms with van der Waals surface area (Å²) in [7, 11) is 7.82. The van der Waals surface area contributed by atoms with Gasteiger partial charge in [0.1, 0.15) is 5.75 Å². The lowest BCUT2D eigenvalue weighted by Gasteiger charge is -2.45. The summed E-state index contributed by atoms with van der Waals surface area (Å²) >= 11 is 0. The number of likely N-dealkylation sites (N-methyl/N-ethyl adjacent to an activating group) is 1. The van der Waals surface area contributed by atoms with E-state index in [1.807, 2.05) is 44.4 Å². The van der Waals surface area contributed by atoms with Gasteiger partial charge in [0, 0.05) is 67.2 Å². The van der Waals surface area contributed by atoms with Crippen molar-refractivity contribution in [1.82, 2.24) is 19.4 Å². The predicted octanol–water partition coefficient (Wildman–Crippen LogP) is 5.13. The molecule has 9 heteroatoms. The SMILES string of the molecule is C=C/C=C\C(=O)Nc1cc(Nc2ncc(C)c(-c3cn(C)c4ccccc34)n2)c(OC)cc1N1CC(N(C)C)C1. The van der Waals surface area contributed by atoms with Gasteiger partial charge in [0.15, 0.2) is 0 Å². The van der Waals surface area contributed by atoms with Gasteiger partial charge < -0.3 is 29.7 Å². The Labute approximate surface area is 234 Å². The zero-order valence-electron chi connectivity index (χ0n) is 23.6. The number of nitrogens with one attached hydrogen (secondary N) is 2. The highest BCUT2D eigenvalue weighted by molar-refractivity contribution is 6.03. The highest BCUT2D eigenvalue weighted by Gasteiger charge is 2.31. The summed E-state index contributed by atoms with van der Waals surface area (Å²) in [5.41, 5.74) is 6.20. The number of benzene rings is 2. The van der Waals surface area contributed by atoms with Crippen LogP contribution in [0.15, 0.2) is 73.6 Å². The summed E-state index contributed by atoms with van der Waals surface area (Å²) in [4.78, 5) is 26.5. The van der Waals surface area contributed by atoms with Crippen molar-refractivity contribution in [3.63, 3.8) is 0 Å². The van der Waals surface area contributed by atoms with E-state index in [9.17, 15) is 4.79 Å². The normalized spacial score (nSPS) is 13.6. The second-order valence-corrected chi connectivity index (χ2v) is 10.2. The molecule has 0 radical (unpaired) electrons. The summed E-state index contributed by atoms with van der Waals surface area (Å²) in [6.45, 7) is 7.36. The molecule has 0 aliphatic carbocycles. The number of carbonyl (C=O) groups is 1. The Morgan fingerprint density at radius 2 is 1.98 bits per heavy atom. The number of rotatable bonds is 9. The van der Waals surface area contributed by atoms with Gasteiger partial charge in [-0.25, -0.2) is 9.97 Å². The van der Waals surface area contributed by atoms with Crippen molar-refractivity contribution in [1.29, 1.82) is 0 Å². The number of nitrogens with zero attached hydrogens (tertiary/aromatic N) is 5. The maximum absolute atomic E-state index is 12.6. The van der Waals surface area contributed by atoms with Crippen molar-refractivity contribution in [3.05, 3.63) is 79.2 Å². The van der Waals surface area contributed by atoms with Gasteiger partial charge >= 0.3 is 0 Å². The van der Waals surface area contributed by atoms with Crippen LogP contribution in [0.5, 0.6) is 5.75 Å². The van der Waals surface area contributed by atoms with E-state index in [0.717, 1.165) is 46.5 Å². The molecule has 1 aliphatic heterocycles. The molecular formula is C31H35N7O2.